The van der Waals surface area contributed by atoms with Crippen LogP contribution in [-0.4, -0.2) is 16.2 Å². The number of rotatable bonds is 3. The van der Waals surface area contributed by atoms with Gasteiger partial charge in [0, 0.05) is 17.2 Å². The van der Waals surface area contributed by atoms with Gasteiger partial charge in [0.25, 0.3) is 0 Å². The highest BCUT2D eigenvalue weighted by molar-refractivity contribution is 8.01. The fourth-order valence-electron chi connectivity index (χ4n) is 1.16. The van der Waals surface area contributed by atoms with Gasteiger partial charge in [-0.05, 0) is 24.1 Å². The average molecular weight is 234 g/mol. The lowest BCUT2D eigenvalue weighted by Gasteiger charge is -2.15. The van der Waals surface area contributed by atoms with Crippen LogP contribution in [-0.2, 0) is 0 Å². The quantitative estimate of drug-likeness (QED) is 0.797. The summed E-state index contributed by atoms with van der Waals surface area (Å²) >= 11 is 1.23. The molecule has 0 aliphatic rings. The summed E-state index contributed by atoms with van der Waals surface area (Å²) in [6.45, 7) is 0. The number of nitrogens with one attached hydrogen (secondary N) is 1. The van der Waals surface area contributed by atoms with Gasteiger partial charge in [0.05, 0.1) is 0 Å². The van der Waals surface area contributed by atoms with Crippen molar-refractivity contribution in [2.75, 3.05) is 4.31 Å². The number of amides is 2. The third-order valence-electron chi connectivity index (χ3n) is 1.83. The van der Waals surface area contributed by atoms with Crippen molar-refractivity contribution in [3.05, 3.63) is 42.6 Å². The molecule has 0 aliphatic heterocycles. The minimum atomic E-state index is -0.555. The van der Waals surface area contributed by atoms with Gasteiger partial charge >= 0.3 is 6.03 Å². The summed E-state index contributed by atoms with van der Waals surface area (Å²) in [5.41, 5.74) is 5.29. The number of nitrogens with two attached hydrogens (primary N) is 1. The molecule has 2 aromatic rings. The molecule has 0 atom stereocenters. The Morgan fingerprint density at radius 3 is 2.62 bits per heavy atom. The molecule has 0 saturated heterocycles. The van der Waals surface area contributed by atoms with Gasteiger partial charge in [0.2, 0.25) is 0 Å². The van der Waals surface area contributed by atoms with E-state index in [1.54, 1.807) is 12.3 Å². The Labute approximate surface area is 96.8 Å². The van der Waals surface area contributed by atoms with Gasteiger partial charge in [-0.15, -0.1) is 0 Å². The molecular formula is C10H10N4OS. The van der Waals surface area contributed by atoms with Gasteiger partial charge in [-0.1, -0.05) is 18.2 Å². The Bertz CT molecular complexity index is 457. The van der Waals surface area contributed by atoms with Crippen molar-refractivity contribution in [1.82, 2.24) is 10.2 Å². The third-order valence-corrected chi connectivity index (χ3v) is 2.87. The zero-order chi connectivity index (χ0) is 11.4. The monoisotopic (exact) mass is 234 g/mol. The number of urea groups is 1. The number of aromatic amines is 1. The Kier molecular flexibility index (Phi) is 3.11. The minimum absolute atomic E-state index is 0.487. The molecule has 16 heavy (non-hydrogen) atoms. The SMILES string of the molecule is NC(=O)N(Sc1ccccc1)c1cc[nH]n1. The van der Waals surface area contributed by atoms with E-state index in [0.29, 0.717) is 5.82 Å². The second-order valence-electron chi connectivity index (χ2n) is 2.97. The number of H-pyrrole nitrogens is 1. The maximum Gasteiger partial charge on any atom is 0.331 e. The van der Waals surface area contributed by atoms with E-state index in [0.717, 1.165) is 4.90 Å². The van der Waals surface area contributed by atoms with E-state index in [9.17, 15) is 4.79 Å². The molecular weight excluding hydrogens is 224 g/mol. The molecule has 0 fully saturated rings. The number of hydrogen-bond acceptors (Lipinski definition) is 3. The molecule has 1 aromatic heterocycles. The number of anilines is 1. The van der Waals surface area contributed by atoms with Crippen LogP contribution in [0.15, 0.2) is 47.5 Å². The lowest BCUT2D eigenvalue weighted by molar-refractivity contribution is 0.257. The first-order chi connectivity index (χ1) is 7.77. The summed E-state index contributed by atoms with van der Waals surface area (Å²) in [6.07, 6.45) is 1.64. The molecule has 82 valence electrons. The number of aromatic nitrogens is 2. The average Bonchev–Trinajstić information content (AvgIpc) is 2.80. The molecule has 5 nitrogen and oxygen atoms in total. The maximum absolute atomic E-state index is 11.3. The van der Waals surface area contributed by atoms with Crippen LogP contribution < -0.4 is 10.0 Å². The van der Waals surface area contributed by atoms with Gasteiger partial charge in [-0.3, -0.25) is 5.10 Å². The third kappa shape index (κ3) is 2.34. The van der Waals surface area contributed by atoms with Gasteiger partial charge in [-0.2, -0.15) is 5.10 Å². The van der Waals surface area contributed by atoms with Crippen LogP contribution in [0.4, 0.5) is 10.6 Å². The summed E-state index contributed by atoms with van der Waals surface area (Å²) < 4.78 is 1.33. The lowest BCUT2D eigenvalue weighted by Crippen LogP contribution is -2.29. The van der Waals surface area contributed by atoms with Crippen LogP contribution in [0.1, 0.15) is 0 Å². The zero-order valence-electron chi connectivity index (χ0n) is 8.33. The number of hydrogen-bond donors (Lipinski definition) is 2. The minimum Gasteiger partial charge on any atom is -0.350 e. The Morgan fingerprint density at radius 1 is 1.31 bits per heavy atom. The summed E-state index contributed by atoms with van der Waals surface area (Å²) in [7, 11) is 0. The van der Waals surface area contributed by atoms with Crippen LogP contribution in [0.2, 0.25) is 0 Å². The van der Waals surface area contributed by atoms with Gasteiger partial charge in [0.1, 0.15) is 0 Å². The van der Waals surface area contributed by atoms with Crippen molar-refractivity contribution < 1.29 is 4.79 Å². The molecule has 0 radical (unpaired) electrons. The first-order valence-corrected chi connectivity index (χ1v) is 5.37. The molecule has 1 heterocycles. The Balaban J connectivity index is 2.19. The normalized spacial score (nSPS) is 10.0. The maximum atomic E-state index is 11.3. The standard InChI is InChI=1S/C10H10N4OS/c11-10(15)14(9-6-7-12-13-9)16-8-4-2-1-3-5-8/h1-7H,(H2,11,15)(H,12,13). The van der Waals surface area contributed by atoms with Crippen LogP contribution in [0, 0.1) is 0 Å². The van der Waals surface area contributed by atoms with Crippen molar-refractivity contribution in [2.45, 2.75) is 4.90 Å². The van der Waals surface area contributed by atoms with Crippen molar-refractivity contribution in [1.29, 1.82) is 0 Å². The van der Waals surface area contributed by atoms with Crippen molar-refractivity contribution in [3.8, 4) is 0 Å². The zero-order valence-corrected chi connectivity index (χ0v) is 9.15. The number of carbonyl (C=O) groups excluding carboxylic acids is 1. The molecule has 0 spiro atoms. The van der Waals surface area contributed by atoms with E-state index in [-0.39, 0.29) is 0 Å². The smallest absolute Gasteiger partial charge is 0.331 e. The fraction of sp³-hybridized carbons (Fsp3) is 0. The molecule has 3 N–H and O–H groups in total. The first-order valence-electron chi connectivity index (χ1n) is 4.60. The van der Waals surface area contributed by atoms with Gasteiger partial charge in [-0.25, -0.2) is 9.10 Å². The predicted octanol–water partition coefficient (Wildman–Crippen LogP) is 2.00. The summed E-state index contributed by atoms with van der Waals surface area (Å²) in [5.74, 6) is 0.487. The molecule has 0 unspecified atom stereocenters. The van der Waals surface area contributed by atoms with Crippen LogP contribution in [0.25, 0.3) is 0 Å². The first kappa shape index (κ1) is 10.6. The second kappa shape index (κ2) is 4.71. The van der Waals surface area contributed by atoms with Crippen LogP contribution in [0.5, 0.6) is 0 Å². The molecule has 6 heteroatoms. The lowest BCUT2D eigenvalue weighted by atomic mass is 10.4. The summed E-state index contributed by atoms with van der Waals surface area (Å²) in [4.78, 5) is 12.2. The Morgan fingerprint density at radius 2 is 2.06 bits per heavy atom. The Hall–Kier alpha value is -1.95. The van der Waals surface area contributed by atoms with E-state index in [4.69, 9.17) is 5.73 Å². The molecule has 1 aromatic carbocycles. The number of carbonyl (C=O) groups is 1. The molecule has 0 bridgehead atoms. The van der Waals surface area contributed by atoms with E-state index in [2.05, 4.69) is 10.2 Å². The fourth-order valence-corrected chi connectivity index (χ4v) is 1.93. The highest BCUT2D eigenvalue weighted by atomic mass is 32.2. The van der Waals surface area contributed by atoms with Crippen LogP contribution >= 0.6 is 11.9 Å². The van der Waals surface area contributed by atoms with Gasteiger partial charge < -0.3 is 5.73 Å². The van der Waals surface area contributed by atoms with E-state index >= 15 is 0 Å². The molecule has 2 rings (SSSR count). The van der Waals surface area contributed by atoms with E-state index in [1.165, 1.54) is 16.3 Å². The van der Waals surface area contributed by atoms with E-state index in [1.807, 2.05) is 30.3 Å². The van der Waals surface area contributed by atoms with Crippen molar-refractivity contribution in [3.63, 3.8) is 0 Å². The number of primary amides is 1. The topological polar surface area (TPSA) is 75.0 Å². The summed E-state index contributed by atoms with van der Waals surface area (Å²) in [5, 5.41) is 6.55. The van der Waals surface area contributed by atoms with Gasteiger partial charge in [0.15, 0.2) is 5.82 Å². The molecule has 0 aliphatic carbocycles. The predicted molar refractivity (Wildman–Crippen MR) is 62.9 cm³/mol. The van der Waals surface area contributed by atoms with Crippen LogP contribution in [0.3, 0.4) is 0 Å². The molecule has 2 amide bonds. The number of nitrogens with zero attached hydrogens (tertiary/aromatic N) is 2. The van der Waals surface area contributed by atoms with Crippen molar-refractivity contribution in [2.24, 2.45) is 5.73 Å². The number of benzene rings is 1. The second-order valence-corrected chi connectivity index (χ2v) is 3.99. The van der Waals surface area contributed by atoms with Crippen molar-refractivity contribution >= 4 is 23.8 Å². The molecule has 0 saturated carbocycles. The largest absolute Gasteiger partial charge is 0.350 e. The summed E-state index contributed by atoms with van der Waals surface area (Å²) in [6, 6.07) is 10.6. The highest BCUT2D eigenvalue weighted by Crippen LogP contribution is 2.26. The highest BCUT2D eigenvalue weighted by Gasteiger charge is 2.15. The van der Waals surface area contributed by atoms with E-state index < -0.39 is 6.03 Å².